The van der Waals surface area contributed by atoms with Gasteiger partial charge in [0.2, 0.25) is 0 Å². The molecule has 0 unspecified atom stereocenters. The second-order valence-corrected chi connectivity index (χ2v) is 8.50. The maximum absolute atomic E-state index is 12.7. The van der Waals surface area contributed by atoms with Crippen molar-refractivity contribution in [1.29, 1.82) is 0 Å². The van der Waals surface area contributed by atoms with Crippen molar-refractivity contribution in [2.75, 3.05) is 26.7 Å². The highest BCUT2D eigenvalue weighted by atomic mass is 32.1. The van der Waals surface area contributed by atoms with Crippen molar-refractivity contribution in [3.8, 4) is 5.75 Å². The van der Waals surface area contributed by atoms with E-state index in [2.05, 4.69) is 28.9 Å². The molecule has 0 spiro atoms. The number of amides is 2. The molecule has 0 atom stereocenters. The van der Waals surface area contributed by atoms with E-state index in [-0.39, 0.29) is 17.7 Å². The lowest BCUT2D eigenvalue weighted by Crippen LogP contribution is -2.45. The molecule has 0 aliphatic carbocycles. The number of carbonyl (C=O) groups excluding carboxylic acids is 2. The van der Waals surface area contributed by atoms with Crippen LogP contribution in [0.5, 0.6) is 5.75 Å². The largest absolute Gasteiger partial charge is 0.497 e. The smallest absolute Gasteiger partial charge is 0.317 e. The maximum atomic E-state index is 12.7. The Kier molecular flexibility index (Phi) is 6.33. The molecule has 1 saturated heterocycles. The van der Waals surface area contributed by atoms with E-state index in [9.17, 15) is 9.59 Å². The van der Waals surface area contributed by atoms with Crippen LogP contribution in [0.2, 0.25) is 0 Å². The topological polar surface area (TPSA) is 58.6 Å². The summed E-state index contributed by atoms with van der Waals surface area (Å²) in [7, 11) is 1.61. The molecule has 0 radical (unpaired) electrons. The van der Waals surface area contributed by atoms with Gasteiger partial charge >= 0.3 is 6.03 Å². The van der Waals surface area contributed by atoms with Gasteiger partial charge in [-0.3, -0.25) is 4.79 Å². The van der Waals surface area contributed by atoms with Gasteiger partial charge in [-0.1, -0.05) is 18.2 Å². The van der Waals surface area contributed by atoms with Crippen molar-refractivity contribution >= 4 is 33.2 Å². The summed E-state index contributed by atoms with van der Waals surface area (Å²) in [4.78, 5) is 27.1. The molecule has 2 aromatic carbocycles. The lowest BCUT2D eigenvalue weighted by atomic mass is 9.89. The van der Waals surface area contributed by atoms with E-state index in [0.29, 0.717) is 38.0 Å². The van der Waals surface area contributed by atoms with Crippen LogP contribution < -0.4 is 10.1 Å². The van der Waals surface area contributed by atoms with Crippen molar-refractivity contribution < 1.29 is 14.3 Å². The Hall–Kier alpha value is -2.86. The molecule has 6 heteroatoms. The maximum Gasteiger partial charge on any atom is 0.317 e. The molecule has 0 saturated carbocycles. The summed E-state index contributed by atoms with van der Waals surface area (Å²) < 4.78 is 6.43. The van der Waals surface area contributed by atoms with Gasteiger partial charge in [-0.25, -0.2) is 4.79 Å². The van der Waals surface area contributed by atoms with Gasteiger partial charge in [-0.15, -0.1) is 11.3 Å². The summed E-state index contributed by atoms with van der Waals surface area (Å²) in [5.74, 6) is 0.871. The molecule has 3 aromatic rings. The fraction of sp³-hybridized carbons (Fsp3) is 0.333. The number of ether oxygens (including phenoxy) is 1. The van der Waals surface area contributed by atoms with Crippen LogP contribution in [0.15, 0.2) is 53.9 Å². The van der Waals surface area contributed by atoms with Crippen molar-refractivity contribution in [1.82, 2.24) is 10.2 Å². The van der Waals surface area contributed by atoms with Crippen LogP contribution in [0, 0.1) is 5.92 Å². The van der Waals surface area contributed by atoms with Gasteiger partial charge in [-0.2, -0.15) is 0 Å². The van der Waals surface area contributed by atoms with Gasteiger partial charge in [0.1, 0.15) is 5.75 Å². The van der Waals surface area contributed by atoms with Gasteiger partial charge in [0.15, 0.2) is 5.78 Å². The highest BCUT2D eigenvalue weighted by Crippen LogP contribution is 2.26. The number of fused-ring (bicyclic) bond motifs is 1. The van der Waals surface area contributed by atoms with Gasteiger partial charge in [0, 0.05) is 35.8 Å². The lowest BCUT2D eigenvalue weighted by molar-refractivity contribution is 0.0854. The number of thiophene rings is 1. The Labute approximate surface area is 180 Å². The number of nitrogens with zero attached hydrogens (tertiary/aromatic N) is 1. The number of piperidine rings is 1. The third kappa shape index (κ3) is 4.49. The molecule has 1 N–H and O–H groups in total. The molecule has 30 heavy (non-hydrogen) atoms. The van der Waals surface area contributed by atoms with Crippen LogP contribution in [-0.2, 0) is 6.42 Å². The molecule has 156 valence electrons. The fourth-order valence-electron chi connectivity index (χ4n) is 3.98. The number of rotatable bonds is 6. The zero-order valence-corrected chi connectivity index (χ0v) is 17.9. The number of ketones is 1. The zero-order valence-electron chi connectivity index (χ0n) is 17.1. The number of hydrogen-bond acceptors (Lipinski definition) is 4. The number of carbonyl (C=O) groups is 2. The van der Waals surface area contributed by atoms with Crippen molar-refractivity contribution in [2.24, 2.45) is 5.92 Å². The van der Waals surface area contributed by atoms with Crippen molar-refractivity contribution in [3.63, 3.8) is 0 Å². The van der Waals surface area contributed by atoms with E-state index in [1.54, 1.807) is 18.4 Å². The predicted molar refractivity (Wildman–Crippen MR) is 121 cm³/mol. The highest BCUT2D eigenvalue weighted by molar-refractivity contribution is 7.17. The molecule has 5 nitrogen and oxygen atoms in total. The summed E-state index contributed by atoms with van der Waals surface area (Å²) in [5, 5.41) is 6.48. The molecule has 2 amide bonds. The van der Waals surface area contributed by atoms with E-state index in [0.717, 1.165) is 12.2 Å². The van der Waals surface area contributed by atoms with Crippen LogP contribution in [-0.4, -0.2) is 43.5 Å². The minimum Gasteiger partial charge on any atom is -0.497 e. The van der Waals surface area contributed by atoms with E-state index in [1.165, 1.54) is 15.6 Å². The third-order valence-electron chi connectivity index (χ3n) is 5.76. The van der Waals surface area contributed by atoms with Crippen molar-refractivity contribution in [2.45, 2.75) is 19.3 Å². The second-order valence-electron chi connectivity index (χ2n) is 7.59. The van der Waals surface area contributed by atoms with Crippen molar-refractivity contribution in [3.05, 3.63) is 65.0 Å². The van der Waals surface area contributed by atoms with Crippen LogP contribution in [0.1, 0.15) is 28.8 Å². The van der Waals surface area contributed by atoms with E-state index >= 15 is 0 Å². The highest BCUT2D eigenvalue weighted by Gasteiger charge is 2.27. The summed E-state index contributed by atoms with van der Waals surface area (Å²) in [6, 6.07) is 15.6. The Bertz CT molecular complexity index is 1020. The SMILES string of the molecule is COc1ccc(C(=O)C2CCN(C(=O)NCCc3csc4ccccc34)CC2)cc1. The number of benzene rings is 2. The van der Waals surface area contributed by atoms with E-state index in [4.69, 9.17) is 4.74 Å². The number of urea groups is 1. The van der Waals surface area contributed by atoms with Gasteiger partial charge in [-0.05, 0) is 65.9 Å². The second kappa shape index (κ2) is 9.30. The Morgan fingerprint density at radius 3 is 2.57 bits per heavy atom. The first-order valence-electron chi connectivity index (χ1n) is 10.3. The third-order valence-corrected chi connectivity index (χ3v) is 6.77. The van der Waals surface area contributed by atoms with Crippen LogP contribution in [0.4, 0.5) is 4.79 Å². The minimum atomic E-state index is -0.0371. The lowest BCUT2D eigenvalue weighted by Gasteiger charge is -2.31. The van der Waals surface area contributed by atoms with E-state index in [1.807, 2.05) is 35.2 Å². The summed E-state index contributed by atoms with van der Waals surface area (Å²) in [5.41, 5.74) is 1.99. The van der Waals surface area contributed by atoms with Crippen LogP contribution >= 0.6 is 11.3 Å². The standard InChI is InChI=1S/C24H26N2O3S/c1-29-20-8-6-17(7-9-20)23(27)18-11-14-26(15-12-18)24(28)25-13-10-19-16-30-22-5-3-2-4-21(19)22/h2-9,16,18H,10-15H2,1H3,(H,25,28). The minimum absolute atomic E-state index is 0.0281. The number of methoxy groups -OCH3 is 1. The fourth-order valence-corrected chi connectivity index (χ4v) is 4.98. The molecule has 2 heterocycles. The van der Waals surface area contributed by atoms with Crippen LogP contribution in [0.3, 0.4) is 0 Å². The summed E-state index contributed by atoms with van der Waals surface area (Å²) >= 11 is 1.74. The van der Waals surface area contributed by atoms with Gasteiger partial charge in [0.25, 0.3) is 0 Å². The zero-order chi connectivity index (χ0) is 20.9. The summed E-state index contributed by atoms with van der Waals surface area (Å²) in [6.07, 6.45) is 2.23. The first-order chi connectivity index (χ1) is 14.7. The first-order valence-corrected chi connectivity index (χ1v) is 11.2. The molecule has 1 aliphatic rings. The normalized spacial score (nSPS) is 14.6. The number of likely N-dealkylation sites (tertiary alicyclic amines) is 1. The van der Waals surface area contributed by atoms with E-state index < -0.39 is 0 Å². The quantitative estimate of drug-likeness (QED) is 0.583. The average Bonchev–Trinajstić information content (AvgIpc) is 3.22. The molecular weight excluding hydrogens is 396 g/mol. The first kappa shape index (κ1) is 20.4. The number of Topliss-reactive ketones (excluding diaryl/α,β-unsaturated/α-hetero) is 1. The van der Waals surface area contributed by atoms with Crippen LogP contribution in [0.25, 0.3) is 10.1 Å². The van der Waals surface area contributed by atoms with Gasteiger partial charge in [0.05, 0.1) is 7.11 Å². The van der Waals surface area contributed by atoms with Gasteiger partial charge < -0.3 is 15.0 Å². The monoisotopic (exact) mass is 422 g/mol. The molecule has 0 bridgehead atoms. The number of hydrogen-bond donors (Lipinski definition) is 1. The predicted octanol–water partition coefficient (Wildman–Crippen LogP) is 4.76. The average molecular weight is 423 g/mol. The molecule has 1 aromatic heterocycles. The Balaban J connectivity index is 1.24. The Morgan fingerprint density at radius 2 is 1.83 bits per heavy atom. The number of nitrogens with one attached hydrogen (secondary N) is 1. The molecule has 1 fully saturated rings. The molecule has 1 aliphatic heterocycles. The molecular formula is C24H26N2O3S. The Morgan fingerprint density at radius 1 is 1.10 bits per heavy atom. The summed E-state index contributed by atoms with van der Waals surface area (Å²) in [6.45, 7) is 1.84. The molecule has 4 rings (SSSR count).